The van der Waals surface area contributed by atoms with Gasteiger partial charge in [0, 0.05) is 32.6 Å². The van der Waals surface area contributed by atoms with Crippen LogP contribution in [0.5, 0.6) is 0 Å². The highest BCUT2D eigenvalue weighted by atomic mass is 16.8. The third-order valence-corrected chi connectivity index (χ3v) is 12.2. The van der Waals surface area contributed by atoms with Crippen molar-refractivity contribution in [3.8, 4) is 0 Å². The van der Waals surface area contributed by atoms with Crippen LogP contribution in [0.1, 0.15) is 39.5 Å². The summed E-state index contributed by atoms with van der Waals surface area (Å²) in [5.41, 5.74) is 0. The van der Waals surface area contributed by atoms with Gasteiger partial charge in [0.1, 0.15) is 91.6 Å². The molecule has 0 aromatic rings. The number of rotatable bonds is 28. The fraction of sp³-hybridized carbons (Fsp3) is 0.905. The van der Waals surface area contributed by atoms with E-state index in [4.69, 9.17) is 37.9 Å². The first-order chi connectivity index (χ1) is 34.2. The number of carbonyl (C=O) groups is 4. The Morgan fingerprint density at radius 3 is 1.50 bits per heavy atom. The van der Waals surface area contributed by atoms with Crippen LogP contribution >= 0.6 is 0 Å². The van der Waals surface area contributed by atoms with E-state index >= 15 is 0 Å². The van der Waals surface area contributed by atoms with E-state index in [1.54, 1.807) is 0 Å². The van der Waals surface area contributed by atoms with Crippen molar-refractivity contribution in [2.24, 2.45) is 0 Å². The molecular formula is C42H75N5O25. The Bertz CT molecular complexity index is 1640. The smallest absolute Gasteiger partial charge is 0.234 e. The lowest BCUT2D eigenvalue weighted by Gasteiger charge is -2.46. The van der Waals surface area contributed by atoms with Crippen LogP contribution in [0.3, 0.4) is 0 Å². The number of nitrogens with zero attached hydrogens (tertiary/aromatic N) is 1. The second-order valence-corrected chi connectivity index (χ2v) is 17.7. The van der Waals surface area contributed by atoms with E-state index in [2.05, 4.69) is 21.3 Å². The molecule has 17 N–H and O–H groups in total. The van der Waals surface area contributed by atoms with Gasteiger partial charge in [0.2, 0.25) is 23.6 Å². The second-order valence-electron chi connectivity index (χ2n) is 17.7. The molecule has 4 heterocycles. The molecule has 4 rings (SSSR count). The lowest BCUT2D eigenvalue weighted by Crippen LogP contribution is -2.65. The second kappa shape index (κ2) is 30.5. The van der Waals surface area contributed by atoms with Crippen molar-refractivity contribution in [1.29, 1.82) is 0 Å². The summed E-state index contributed by atoms with van der Waals surface area (Å²) in [7, 11) is 0. The molecule has 4 aliphatic rings. The molecule has 0 aromatic carbocycles. The van der Waals surface area contributed by atoms with Gasteiger partial charge in [-0.1, -0.05) is 6.42 Å². The molecule has 4 aliphatic heterocycles. The van der Waals surface area contributed by atoms with Crippen molar-refractivity contribution in [2.75, 3.05) is 78.8 Å². The van der Waals surface area contributed by atoms with Crippen LogP contribution in [0.15, 0.2) is 0 Å². The summed E-state index contributed by atoms with van der Waals surface area (Å²) >= 11 is 0. The Labute approximate surface area is 414 Å². The van der Waals surface area contributed by atoms with Gasteiger partial charge in [-0.2, -0.15) is 0 Å². The van der Waals surface area contributed by atoms with Gasteiger partial charge in [0.25, 0.3) is 0 Å². The fourth-order valence-corrected chi connectivity index (χ4v) is 8.01. The highest BCUT2D eigenvalue weighted by molar-refractivity contribution is 5.84. The zero-order valence-corrected chi connectivity index (χ0v) is 40.0. The normalized spacial score (nSPS) is 37.2. The summed E-state index contributed by atoms with van der Waals surface area (Å²) in [6, 6.07) is 0. The topological polar surface area (TPSA) is 456 Å². The van der Waals surface area contributed by atoms with Gasteiger partial charge in [0.15, 0.2) is 25.2 Å². The van der Waals surface area contributed by atoms with Crippen LogP contribution < -0.4 is 21.3 Å². The first kappa shape index (κ1) is 61.5. The first-order valence-corrected chi connectivity index (χ1v) is 23.8. The van der Waals surface area contributed by atoms with Gasteiger partial charge in [0.05, 0.1) is 58.8 Å². The van der Waals surface area contributed by atoms with Crippen LogP contribution in [0, 0.1) is 0 Å². The number of unbranched alkanes of at least 4 members (excludes halogenated alkanes) is 2. The number of hydrogen-bond donors (Lipinski definition) is 17. The van der Waals surface area contributed by atoms with Gasteiger partial charge in [-0.25, -0.2) is 0 Å². The zero-order valence-electron chi connectivity index (χ0n) is 40.0. The van der Waals surface area contributed by atoms with Crippen molar-refractivity contribution >= 4 is 23.6 Å². The Hall–Kier alpha value is -3.00. The Morgan fingerprint density at radius 1 is 0.472 bits per heavy atom. The highest BCUT2D eigenvalue weighted by Crippen LogP contribution is 2.31. The maximum Gasteiger partial charge on any atom is 0.234 e. The molecule has 0 aliphatic carbocycles. The maximum absolute atomic E-state index is 13.2. The van der Waals surface area contributed by atoms with E-state index < -0.39 is 187 Å². The molecular weight excluding hydrogens is 974 g/mol. The minimum Gasteiger partial charge on any atom is -0.394 e. The van der Waals surface area contributed by atoms with E-state index in [9.17, 15) is 85.6 Å². The van der Waals surface area contributed by atoms with E-state index in [1.165, 1.54) is 11.8 Å². The van der Waals surface area contributed by atoms with Gasteiger partial charge < -0.3 is 126 Å². The maximum atomic E-state index is 13.2. The quantitative estimate of drug-likeness (QED) is 0.0324. The van der Waals surface area contributed by atoms with Crippen LogP contribution in [0.2, 0.25) is 0 Å². The lowest BCUT2D eigenvalue weighted by atomic mass is 9.95. The molecule has 0 saturated carbocycles. The van der Waals surface area contributed by atoms with Crippen molar-refractivity contribution < 1.29 is 123 Å². The Morgan fingerprint density at radius 2 is 0.944 bits per heavy atom. The molecule has 0 radical (unpaired) electrons. The fourth-order valence-electron chi connectivity index (χ4n) is 8.01. The number of nitrogens with one attached hydrogen (secondary N) is 4. The monoisotopic (exact) mass is 1050 g/mol. The SMILES string of the molecule is CCNC(=O)CCCCCNC(=O)CN(CC(=O)NCCO[C@@H]1O[C@@H](C)[C@@H](O)[C@@H](O)[C@@H]1O)CC(=O)NCCO[C@@H]1O[C@H](OC[C@H]2O[C@H](CO)[C@@H](O)[C@H](O)[C@@H]2O)[C@@H](O)[C@H](O[C@H]2O[C@H](CO)[C@@H](O)[C@H](O)[C@@H]2O)[C@H]1O. The average molecular weight is 1050 g/mol. The predicted octanol–water partition coefficient (Wildman–Crippen LogP) is -10.4. The molecule has 72 heavy (non-hydrogen) atoms. The molecule has 0 spiro atoms. The minimum atomic E-state index is -1.99. The van der Waals surface area contributed by atoms with E-state index in [1.807, 2.05) is 6.92 Å². The standard InChI is InChI=1S/C42H75N5O25/c1-3-43-23(50)7-5-4-6-8-44-24(51)13-47(14-25(52)45-9-11-65-39-34(61)31(58)27(54)19(2)68-39)15-26(53)46-10-12-66-40-36(63)38(71-42-35(62)33(60)29(56)21(17-49)70-42)37(64)41(72-40)67-18-22-30(57)32(59)28(55)20(16-48)69-22/h19-22,27-42,48-49,54-64H,3-18H2,1-2H3,(H,43,50)(H,44,51)(H,45,52)(H,46,53)/t19-,20+,21+,22+,27+,28+,29+,30+,31+,32-,33-,34-,35-,36+,37-,38+,39+,40+,41-,42+/m0/s1. The molecule has 418 valence electrons. The number of ether oxygens (including phenoxy) is 8. The molecule has 0 aromatic heterocycles. The van der Waals surface area contributed by atoms with Crippen molar-refractivity contribution in [1.82, 2.24) is 26.2 Å². The van der Waals surface area contributed by atoms with E-state index in [0.29, 0.717) is 32.2 Å². The third-order valence-electron chi connectivity index (χ3n) is 12.2. The van der Waals surface area contributed by atoms with Crippen LogP contribution in [0.25, 0.3) is 0 Å². The van der Waals surface area contributed by atoms with Gasteiger partial charge in [-0.05, 0) is 26.7 Å². The lowest BCUT2D eigenvalue weighted by molar-refractivity contribution is -0.387. The van der Waals surface area contributed by atoms with Crippen LogP contribution in [-0.2, 0) is 57.1 Å². The van der Waals surface area contributed by atoms with Crippen molar-refractivity contribution in [3.63, 3.8) is 0 Å². The summed E-state index contributed by atoms with van der Waals surface area (Å²) in [6.45, 7) is -0.718. The number of amides is 4. The Kier molecular flexibility index (Phi) is 26.1. The number of carbonyl (C=O) groups excluding carboxylic acids is 4. The van der Waals surface area contributed by atoms with Crippen molar-refractivity contribution in [3.05, 3.63) is 0 Å². The van der Waals surface area contributed by atoms with Crippen molar-refractivity contribution in [2.45, 2.75) is 162 Å². The van der Waals surface area contributed by atoms with Crippen LogP contribution in [0.4, 0.5) is 0 Å². The molecule has 4 amide bonds. The molecule has 30 heteroatoms. The van der Waals surface area contributed by atoms with Gasteiger partial charge in [-0.3, -0.25) is 24.1 Å². The summed E-state index contributed by atoms with van der Waals surface area (Å²) in [6.07, 6.45) is -30.9. The summed E-state index contributed by atoms with van der Waals surface area (Å²) in [5.74, 6) is -1.97. The zero-order chi connectivity index (χ0) is 53.2. The Balaban J connectivity index is 1.36. The summed E-state index contributed by atoms with van der Waals surface area (Å²) in [5, 5.41) is 145. The number of aliphatic hydroxyl groups excluding tert-OH is 13. The van der Waals surface area contributed by atoms with Gasteiger partial charge in [-0.15, -0.1) is 0 Å². The molecule has 0 unspecified atom stereocenters. The summed E-state index contributed by atoms with van der Waals surface area (Å²) in [4.78, 5) is 52.1. The molecule has 20 atom stereocenters. The first-order valence-electron chi connectivity index (χ1n) is 23.8. The number of aliphatic hydroxyl groups is 13. The largest absolute Gasteiger partial charge is 0.394 e. The van der Waals surface area contributed by atoms with Crippen LogP contribution in [-0.4, -0.2) is 297 Å². The molecule has 30 nitrogen and oxygen atoms in total. The number of hydrogen-bond acceptors (Lipinski definition) is 26. The van der Waals surface area contributed by atoms with E-state index in [0.717, 1.165) is 0 Å². The predicted molar refractivity (Wildman–Crippen MR) is 236 cm³/mol. The minimum absolute atomic E-state index is 0.0839. The van der Waals surface area contributed by atoms with Gasteiger partial charge >= 0.3 is 0 Å². The molecule has 4 fully saturated rings. The van der Waals surface area contributed by atoms with E-state index in [-0.39, 0.29) is 32.1 Å². The highest BCUT2D eigenvalue weighted by Gasteiger charge is 2.52. The molecule has 4 saturated heterocycles. The summed E-state index contributed by atoms with van der Waals surface area (Å²) < 4.78 is 44.3. The molecule has 0 bridgehead atoms. The average Bonchev–Trinajstić information content (AvgIpc) is 3.34. The third kappa shape index (κ3) is 17.8.